The van der Waals surface area contributed by atoms with Crippen LogP contribution in [0.2, 0.25) is 5.02 Å². The fourth-order valence-electron chi connectivity index (χ4n) is 1.84. The van der Waals surface area contributed by atoms with Gasteiger partial charge in [-0.2, -0.15) is 0 Å². The normalized spacial score (nSPS) is 16.8. The molecule has 9 nitrogen and oxygen atoms in total. The van der Waals surface area contributed by atoms with E-state index in [-0.39, 0.29) is 11.6 Å². The van der Waals surface area contributed by atoms with Gasteiger partial charge in [0.1, 0.15) is 11.3 Å². The Kier molecular flexibility index (Phi) is 5.65. The van der Waals surface area contributed by atoms with Gasteiger partial charge in [-0.1, -0.05) is 11.6 Å². The molecule has 0 fully saturated rings. The van der Waals surface area contributed by atoms with Crippen LogP contribution in [0.1, 0.15) is 0 Å². The van der Waals surface area contributed by atoms with E-state index in [2.05, 4.69) is 15.6 Å². The van der Waals surface area contributed by atoms with Crippen LogP contribution in [-0.2, 0) is 0 Å². The molecule has 1 aromatic carbocycles. The van der Waals surface area contributed by atoms with Crippen molar-refractivity contribution in [3.8, 4) is 5.75 Å². The third kappa shape index (κ3) is 4.35. The number of nitrogens with zero attached hydrogens (tertiary/aromatic N) is 1. The monoisotopic (exact) mass is 357 g/mol. The average molecular weight is 358 g/mol. The van der Waals surface area contributed by atoms with Crippen LogP contribution in [0.5, 0.6) is 5.75 Å². The Labute approximate surface area is 143 Å². The molecule has 0 aromatic heterocycles. The summed E-state index contributed by atoms with van der Waals surface area (Å²) in [7, 11) is 0. The van der Waals surface area contributed by atoms with Crippen LogP contribution >= 0.6 is 11.6 Å². The van der Waals surface area contributed by atoms with Gasteiger partial charge < -0.3 is 30.7 Å². The fourth-order valence-corrected chi connectivity index (χ4v) is 1.96. The molecule has 2 rings (SSSR count). The Morgan fingerprint density at radius 3 is 2.29 bits per heavy atom. The molecule has 0 atom stereocenters. The van der Waals surface area contributed by atoms with E-state index in [1.165, 1.54) is 6.20 Å². The van der Waals surface area contributed by atoms with Crippen LogP contribution in [0.25, 0.3) is 0 Å². The first kappa shape index (κ1) is 18.5. The zero-order valence-electron chi connectivity index (χ0n) is 12.7. The minimum absolute atomic E-state index is 0.0610. The van der Waals surface area contributed by atoms with E-state index in [9.17, 15) is 15.3 Å². The summed E-state index contributed by atoms with van der Waals surface area (Å²) in [5.74, 6) is -0.887. The lowest BCUT2D eigenvalue weighted by atomic mass is 10.0. The molecule has 1 aromatic rings. The third-order valence-electron chi connectivity index (χ3n) is 3.30. The summed E-state index contributed by atoms with van der Waals surface area (Å²) in [5.41, 5.74) is 10.0. The molecule has 0 radical (unpaired) electrons. The Morgan fingerprint density at radius 1 is 1.17 bits per heavy atom. The largest absolute Gasteiger partial charge is 0.452 e. The van der Waals surface area contributed by atoms with Crippen LogP contribution in [0.3, 0.4) is 0 Å². The molecule has 0 spiro atoms. The lowest BCUT2D eigenvalue weighted by molar-refractivity contribution is 0.0552. The number of halogens is 1. The number of benzene rings is 1. The van der Waals surface area contributed by atoms with Crippen molar-refractivity contribution in [1.82, 2.24) is 10.6 Å². The van der Waals surface area contributed by atoms with E-state index in [0.717, 1.165) is 0 Å². The second-order valence-corrected chi connectivity index (χ2v) is 5.81. The van der Waals surface area contributed by atoms with Gasteiger partial charge in [-0.15, -0.1) is 0 Å². The van der Waals surface area contributed by atoms with E-state index in [1.54, 1.807) is 24.3 Å². The summed E-state index contributed by atoms with van der Waals surface area (Å²) < 4.78 is 5.69. The van der Waals surface area contributed by atoms with Crippen LogP contribution in [0.15, 0.2) is 41.2 Å². The third-order valence-corrected chi connectivity index (χ3v) is 3.55. The number of nitrogens with two attached hydrogens (primary N) is 2. The zero-order chi connectivity index (χ0) is 17.8. The van der Waals surface area contributed by atoms with Crippen molar-refractivity contribution in [3.05, 3.63) is 41.2 Å². The predicted molar refractivity (Wildman–Crippen MR) is 89.0 cm³/mol. The summed E-state index contributed by atoms with van der Waals surface area (Å²) in [6, 6.07) is 6.58. The van der Waals surface area contributed by atoms with Crippen molar-refractivity contribution in [3.63, 3.8) is 0 Å². The smallest absolute Gasteiger partial charge is 0.241 e. The average Bonchev–Trinajstić information content (AvgIpc) is 2.57. The van der Waals surface area contributed by atoms with Gasteiger partial charge >= 0.3 is 0 Å². The molecule has 9 N–H and O–H groups in total. The molecular weight excluding hydrogens is 338 g/mol. The molecule has 132 valence electrons. The lowest BCUT2D eigenvalue weighted by Crippen LogP contribution is -2.64. The zero-order valence-corrected chi connectivity index (χ0v) is 13.5. The molecule has 1 aliphatic heterocycles. The van der Waals surface area contributed by atoms with Crippen molar-refractivity contribution < 1.29 is 20.1 Å². The van der Waals surface area contributed by atoms with Crippen LogP contribution in [0, 0.1) is 0 Å². The fraction of sp³-hybridized carbons (Fsp3) is 0.357. The van der Waals surface area contributed by atoms with Crippen molar-refractivity contribution in [2.75, 3.05) is 19.8 Å². The summed E-state index contributed by atoms with van der Waals surface area (Å²) in [5, 5.41) is 34.3. The van der Waals surface area contributed by atoms with Gasteiger partial charge in [0, 0.05) is 11.2 Å². The van der Waals surface area contributed by atoms with Crippen molar-refractivity contribution in [2.45, 2.75) is 11.4 Å². The number of hydrogen-bond donors (Lipinski definition) is 7. The molecular formula is C14H20ClN5O4. The van der Waals surface area contributed by atoms with Gasteiger partial charge in [0.05, 0.1) is 19.8 Å². The molecule has 0 bridgehead atoms. The highest BCUT2D eigenvalue weighted by molar-refractivity contribution is 6.30. The quantitative estimate of drug-likeness (QED) is 0.300. The Balaban J connectivity index is 2.27. The van der Waals surface area contributed by atoms with E-state index >= 15 is 0 Å². The molecule has 0 saturated carbocycles. The van der Waals surface area contributed by atoms with Crippen molar-refractivity contribution >= 4 is 17.4 Å². The highest BCUT2D eigenvalue weighted by atomic mass is 35.5. The van der Waals surface area contributed by atoms with E-state index in [4.69, 9.17) is 27.8 Å². The molecule has 24 heavy (non-hydrogen) atoms. The first-order valence-electron chi connectivity index (χ1n) is 7.03. The number of aliphatic hydroxyl groups is 3. The topological polar surface area (TPSA) is 158 Å². The van der Waals surface area contributed by atoms with E-state index in [1.807, 2.05) is 0 Å². The first-order valence-corrected chi connectivity index (χ1v) is 7.41. The maximum absolute atomic E-state index is 9.45. The molecule has 0 saturated heterocycles. The van der Waals surface area contributed by atoms with Crippen LogP contribution in [0.4, 0.5) is 0 Å². The number of aliphatic hydroxyl groups excluding tert-OH is 3. The minimum atomic E-state index is -1.61. The number of hydrogen-bond acceptors (Lipinski definition) is 9. The van der Waals surface area contributed by atoms with Gasteiger partial charge in [-0.25, -0.2) is 4.99 Å². The van der Waals surface area contributed by atoms with E-state index in [0.29, 0.717) is 10.8 Å². The minimum Gasteiger partial charge on any atom is -0.452 e. The summed E-state index contributed by atoms with van der Waals surface area (Å²) >= 11 is 5.83. The number of rotatable bonds is 6. The van der Waals surface area contributed by atoms with Gasteiger partial charge in [-0.05, 0) is 24.3 Å². The predicted octanol–water partition coefficient (Wildman–Crippen LogP) is -1.60. The Morgan fingerprint density at radius 2 is 1.75 bits per heavy atom. The lowest BCUT2D eigenvalue weighted by Gasteiger charge is -2.34. The Hall–Kier alpha value is -1.88. The summed E-state index contributed by atoms with van der Waals surface area (Å²) in [4.78, 5) is 4.04. The Bertz CT molecular complexity index is 620. The number of ether oxygens (including phenoxy) is 1. The van der Waals surface area contributed by atoms with Gasteiger partial charge in [0.25, 0.3) is 0 Å². The highest BCUT2D eigenvalue weighted by Gasteiger charge is 2.34. The van der Waals surface area contributed by atoms with Crippen LogP contribution in [-0.4, -0.2) is 52.4 Å². The molecule has 1 aliphatic rings. The van der Waals surface area contributed by atoms with Gasteiger partial charge in [-0.3, -0.25) is 11.5 Å². The highest BCUT2D eigenvalue weighted by Crippen LogP contribution is 2.20. The number of amidine groups is 1. The maximum atomic E-state index is 9.45. The molecule has 0 amide bonds. The van der Waals surface area contributed by atoms with Gasteiger partial charge in [0.15, 0.2) is 11.6 Å². The molecule has 10 heteroatoms. The van der Waals surface area contributed by atoms with Crippen LogP contribution < -0.4 is 26.8 Å². The second kappa shape index (κ2) is 7.34. The van der Waals surface area contributed by atoms with Gasteiger partial charge in [0.2, 0.25) is 5.91 Å². The molecule has 1 heterocycles. The second-order valence-electron chi connectivity index (χ2n) is 5.37. The van der Waals surface area contributed by atoms with Crippen molar-refractivity contribution in [1.29, 1.82) is 0 Å². The molecule has 0 aliphatic carbocycles. The standard InChI is InChI=1S/C14H20ClN5O4/c15-9-1-3-10(4-2-9)24-11-5-18-14(16,17)20-12(11)19-13(6-21,7-22)8-23/h1-5,18,21-23H,6-8,16-17H2,(H,19,20). The first-order chi connectivity index (χ1) is 11.3. The summed E-state index contributed by atoms with van der Waals surface area (Å²) in [6.07, 6.45) is 1.39. The maximum Gasteiger partial charge on any atom is 0.241 e. The SMILES string of the molecule is NC1(N)N=C(NC(CO)(CO)CO)C(Oc2ccc(Cl)cc2)=CN1. The number of aliphatic imine (C=N–C) groups is 1. The van der Waals surface area contributed by atoms with Crippen molar-refractivity contribution in [2.24, 2.45) is 16.5 Å². The number of nitrogens with one attached hydrogen (secondary N) is 2. The van der Waals surface area contributed by atoms with E-state index < -0.39 is 31.3 Å². The summed E-state index contributed by atoms with van der Waals surface area (Å²) in [6.45, 7) is -1.66. The molecule has 0 unspecified atom stereocenters.